The van der Waals surface area contributed by atoms with E-state index in [0.29, 0.717) is 42.1 Å². The van der Waals surface area contributed by atoms with Gasteiger partial charge in [0, 0.05) is 41.4 Å². The van der Waals surface area contributed by atoms with Gasteiger partial charge in [0.25, 0.3) is 5.56 Å². The molecule has 0 bridgehead atoms. The molecule has 5 rings (SSSR count). The number of amides is 1. The van der Waals surface area contributed by atoms with Gasteiger partial charge in [0.2, 0.25) is 0 Å². The van der Waals surface area contributed by atoms with E-state index in [2.05, 4.69) is 10.3 Å². The summed E-state index contributed by atoms with van der Waals surface area (Å²) in [6.07, 6.45) is 3.01. The van der Waals surface area contributed by atoms with Crippen molar-refractivity contribution in [2.75, 3.05) is 13.1 Å². The summed E-state index contributed by atoms with van der Waals surface area (Å²) in [4.78, 5) is 47.3. The third-order valence-corrected chi connectivity index (χ3v) is 7.24. The lowest BCUT2D eigenvalue weighted by Gasteiger charge is -2.31. The van der Waals surface area contributed by atoms with Crippen molar-refractivity contribution in [3.05, 3.63) is 62.9 Å². The normalized spacial score (nSPS) is 17.9. The Morgan fingerprint density at radius 1 is 1.25 bits per heavy atom. The minimum atomic E-state index is -1.87. The van der Waals surface area contributed by atoms with Crippen LogP contribution in [-0.4, -0.2) is 51.6 Å². The fourth-order valence-corrected chi connectivity index (χ4v) is 5.20. The molecule has 4 heterocycles. The van der Waals surface area contributed by atoms with Gasteiger partial charge in [-0.3, -0.25) is 9.79 Å². The van der Waals surface area contributed by atoms with Gasteiger partial charge in [-0.2, -0.15) is 0 Å². The highest BCUT2D eigenvalue weighted by molar-refractivity contribution is 6.02. The quantitative estimate of drug-likeness (QED) is 0.205. The molecule has 2 N–H and O–H groups in total. The molecule has 0 aliphatic carbocycles. The first-order valence-corrected chi connectivity index (χ1v) is 13.6. The Morgan fingerprint density at radius 3 is 2.77 bits per heavy atom. The van der Waals surface area contributed by atoms with Gasteiger partial charge in [-0.25, -0.2) is 14.6 Å². The van der Waals surface area contributed by atoms with Crippen molar-refractivity contribution in [2.24, 2.45) is 4.99 Å². The van der Waals surface area contributed by atoms with Crippen molar-refractivity contribution in [1.29, 1.82) is 0 Å². The standard InChI is InChI=1S/C30H34N4O6/c1-5-30(38)22-14-24-25-20(16-34(24)26(35)21(22)17-39-27(30)36)19(18-10-6-7-11-23(18)33-25)15-31-12-8-9-13-32-28(37)40-29(2,3)4/h6-7,10-11,14-15,38H,5,8-9,12-13,16-17H2,1-4H3,(H,32,37)/t30-/m0/s1. The number of aliphatic imine (C=N–C) groups is 1. The number of rotatable bonds is 7. The summed E-state index contributed by atoms with van der Waals surface area (Å²) in [7, 11) is 0. The molecule has 10 heteroatoms. The van der Waals surface area contributed by atoms with Crippen molar-refractivity contribution in [2.45, 2.75) is 71.3 Å². The summed E-state index contributed by atoms with van der Waals surface area (Å²) in [6.45, 7) is 8.34. The first-order valence-electron chi connectivity index (χ1n) is 13.6. The molecule has 1 aromatic carbocycles. The summed E-state index contributed by atoms with van der Waals surface area (Å²) >= 11 is 0. The first kappa shape index (κ1) is 27.5. The Hall–Kier alpha value is -4.05. The number of fused-ring (bicyclic) bond motifs is 5. The van der Waals surface area contributed by atoms with Gasteiger partial charge in [0.05, 0.1) is 29.0 Å². The molecule has 2 aromatic heterocycles. The number of esters is 1. The van der Waals surface area contributed by atoms with Crippen LogP contribution in [0.4, 0.5) is 4.79 Å². The van der Waals surface area contributed by atoms with Crippen LogP contribution in [0.1, 0.15) is 69.2 Å². The molecule has 2 aliphatic rings. The number of para-hydroxylation sites is 1. The Balaban J connectivity index is 1.41. The van der Waals surface area contributed by atoms with E-state index in [-0.39, 0.29) is 18.6 Å². The molecular formula is C30H34N4O6. The van der Waals surface area contributed by atoms with Crippen LogP contribution in [-0.2, 0) is 33.0 Å². The average Bonchev–Trinajstić information content (AvgIpc) is 3.27. The fraction of sp³-hybridized carbons (Fsp3) is 0.433. The monoisotopic (exact) mass is 546 g/mol. The van der Waals surface area contributed by atoms with Crippen LogP contribution in [0.15, 0.2) is 40.1 Å². The molecule has 3 aromatic rings. The summed E-state index contributed by atoms with van der Waals surface area (Å²) in [5, 5.41) is 14.8. The van der Waals surface area contributed by atoms with Crippen molar-refractivity contribution in [1.82, 2.24) is 14.9 Å². The highest BCUT2D eigenvalue weighted by Crippen LogP contribution is 2.39. The van der Waals surface area contributed by atoms with Gasteiger partial charge in [0.15, 0.2) is 5.60 Å². The average molecular weight is 547 g/mol. The van der Waals surface area contributed by atoms with Crippen molar-refractivity contribution in [3.8, 4) is 11.4 Å². The van der Waals surface area contributed by atoms with Crippen LogP contribution in [0, 0.1) is 0 Å². The lowest BCUT2D eigenvalue weighted by molar-refractivity contribution is -0.172. The summed E-state index contributed by atoms with van der Waals surface area (Å²) in [5.41, 5.74) is 1.59. The van der Waals surface area contributed by atoms with Crippen molar-refractivity contribution >= 4 is 29.2 Å². The van der Waals surface area contributed by atoms with Crippen molar-refractivity contribution in [3.63, 3.8) is 0 Å². The molecule has 40 heavy (non-hydrogen) atoms. The van der Waals surface area contributed by atoms with Crippen LogP contribution < -0.4 is 10.9 Å². The topological polar surface area (TPSA) is 132 Å². The number of pyridine rings is 2. The van der Waals surface area contributed by atoms with Gasteiger partial charge in [-0.15, -0.1) is 0 Å². The number of nitrogens with one attached hydrogen (secondary N) is 1. The number of hydrogen-bond acceptors (Lipinski definition) is 8. The third kappa shape index (κ3) is 4.99. The molecule has 10 nitrogen and oxygen atoms in total. The van der Waals surface area contributed by atoms with E-state index in [4.69, 9.17) is 14.5 Å². The van der Waals surface area contributed by atoms with E-state index in [1.165, 1.54) is 0 Å². The van der Waals surface area contributed by atoms with Gasteiger partial charge in [0.1, 0.15) is 12.2 Å². The molecular weight excluding hydrogens is 512 g/mol. The predicted molar refractivity (Wildman–Crippen MR) is 150 cm³/mol. The summed E-state index contributed by atoms with van der Waals surface area (Å²) in [6, 6.07) is 9.45. The van der Waals surface area contributed by atoms with E-state index in [1.807, 2.05) is 51.3 Å². The van der Waals surface area contributed by atoms with Gasteiger partial charge in [-0.05, 0) is 52.2 Å². The second-order valence-electron chi connectivity index (χ2n) is 11.1. The number of ether oxygens (including phenoxy) is 2. The number of alkyl carbamates (subject to hydrolysis) is 1. The summed E-state index contributed by atoms with van der Waals surface area (Å²) < 4.78 is 12.1. The molecule has 0 saturated carbocycles. The minimum absolute atomic E-state index is 0.0882. The maximum Gasteiger partial charge on any atom is 0.407 e. The Morgan fingerprint density at radius 2 is 2.02 bits per heavy atom. The van der Waals surface area contributed by atoms with E-state index in [0.717, 1.165) is 34.9 Å². The second-order valence-corrected chi connectivity index (χ2v) is 11.1. The highest BCUT2D eigenvalue weighted by Gasteiger charge is 2.45. The Kier molecular flexibility index (Phi) is 7.22. The Labute approximate surface area is 232 Å². The van der Waals surface area contributed by atoms with Crippen molar-refractivity contribution < 1.29 is 24.2 Å². The smallest absolute Gasteiger partial charge is 0.407 e. The zero-order chi connectivity index (χ0) is 28.7. The summed E-state index contributed by atoms with van der Waals surface area (Å²) in [5.74, 6) is -0.745. The number of carbonyl (C=O) groups excluding carboxylic acids is 2. The van der Waals surface area contributed by atoms with Gasteiger partial charge in [-0.1, -0.05) is 25.1 Å². The number of carbonyl (C=O) groups is 2. The fourth-order valence-electron chi connectivity index (χ4n) is 5.20. The van der Waals surface area contributed by atoms with E-state index >= 15 is 0 Å². The van der Waals surface area contributed by atoms with Crippen LogP contribution >= 0.6 is 0 Å². The molecule has 0 saturated heterocycles. The SMILES string of the molecule is CC[C@@]1(O)C(=O)OCc2c1cc1n(c2=O)Cc2c-1nc1ccccc1c2C=NCCCCNC(=O)OC(C)(C)C. The first-order chi connectivity index (χ1) is 19.0. The predicted octanol–water partition coefficient (Wildman–Crippen LogP) is 3.80. The van der Waals surface area contributed by atoms with Crippen LogP contribution in [0.2, 0.25) is 0 Å². The largest absolute Gasteiger partial charge is 0.458 e. The number of hydrogen-bond donors (Lipinski definition) is 2. The van der Waals surface area contributed by atoms with E-state index in [9.17, 15) is 19.5 Å². The molecule has 0 radical (unpaired) electrons. The lowest BCUT2D eigenvalue weighted by Crippen LogP contribution is -2.44. The molecule has 1 atom stereocenters. The number of aliphatic hydroxyl groups is 1. The number of benzene rings is 1. The Bertz CT molecular complexity index is 1590. The van der Waals surface area contributed by atoms with Crippen LogP contribution in [0.25, 0.3) is 22.3 Å². The number of nitrogens with zero attached hydrogens (tertiary/aromatic N) is 3. The zero-order valence-corrected chi connectivity index (χ0v) is 23.2. The maximum absolute atomic E-state index is 13.5. The molecule has 0 unspecified atom stereocenters. The van der Waals surface area contributed by atoms with Crippen LogP contribution in [0.3, 0.4) is 0 Å². The van der Waals surface area contributed by atoms with E-state index < -0.39 is 23.3 Å². The highest BCUT2D eigenvalue weighted by atomic mass is 16.6. The number of aromatic nitrogens is 2. The van der Waals surface area contributed by atoms with Gasteiger partial charge >= 0.3 is 12.1 Å². The molecule has 0 fully saturated rings. The second kappa shape index (κ2) is 10.5. The van der Waals surface area contributed by atoms with Crippen LogP contribution in [0.5, 0.6) is 0 Å². The van der Waals surface area contributed by atoms with Gasteiger partial charge < -0.3 is 24.5 Å². The molecule has 210 valence electrons. The lowest BCUT2D eigenvalue weighted by atomic mass is 9.86. The minimum Gasteiger partial charge on any atom is -0.458 e. The maximum atomic E-state index is 13.5. The molecule has 1 amide bonds. The van der Waals surface area contributed by atoms with E-state index in [1.54, 1.807) is 17.6 Å². The molecule has 0 spiro atoms. The zero-order valence-electron chi connectivity index (χ0n) is 23.2. The molecule has 2 aliphatic heterocycles. The number of cyclic esters (lactones) is 1. The number of unbranched alkanes of at least 4 members (excludes halogenated alkanes) is 1. The third-order valence-electron chi connectivity index (χ3n) is 7.24.